The fourth-order valence-corrected chi connectivity index (χ4v) is 3.43. The third kappa shape index (κ3) is 4.64. The molecule has 30 heavy (non-hydrogen) atoms. The van der Waals surface area contributed by atoms with Crippen LogP contribution in [-0.2, 0) is 22.7 Å². The molecule has 6 heteroatoms. The monoisotopic (exact) mass is 423 g/mol. The van der Waals surface area contributed by atoms with Gasteiger partial charge in [-0.2, -0.15) is 0 Å². The first-order valence-corrected chi connectivity index (χ1v) is 9.66. The SMILES string of the molecule is C=C/C(CC(=O)O)=C(\C=C)OCc1coc2c(Cl)cc(-c3cccc(CN)c3)cc12. The van der Waals surface area contributed by atoms with Crippen molar-refractivity contribution in [2.24, 2.45) is 5.73 Å². The summed E-state index contributed by atoms with van der Waals surface area (Å²) in [6.07, 6.45) is 4.31. The van der Waals surface area contributed by atoms with Crippen molar-refractivity contribution in [3.63, 3.8) is 0 Å². The maximum absolute atomic E-state index is 11.0. The smallest absolute Gasteiger partial charge is 0.307 e. The van der Waals surface area contributed by atoms with Gasteiger partial charge in [0.2, 0.25) is 0 Å². The number of nitrogens with two attached hydrogens (primary N) is 1. The zero-order chi connectivity index (χ0) is 21.7. The van der Waals surface area contributed by atoms with Crippen LogP contribution in [0.25, 0.3) is 22.1 Å². The van der Waals surface area contributed by atoms with Gasteiger partial charge in [-0.25, -0.2) is 0 Å². The summed E-state index contributed by atoms with van der Waals surface area (Å²) >= 11 is 6.46. The molecule has 0 bridgehead atoms. The molecule has 1 heterocycles. The Balaban J connectivity index is 1.96. The maximum Gasteiger partial charge on any atom is 0.307 e. The minimum absolute atomic E-state index is 0.161. The number of benzene rings is 2. The Morgan fingerprint density at radius 3 is 2.67 bits per heavy atom. The molecule has 5 nitrogen and oxygen atoms in total. The molecule has 0 aliphatic carbocycles. The molecule has 3 rings (SSSR count). The molecule has 0 aliphatic rings. The van der Waals surface area contributed by atoms with Crippen LogP contribution in [0.2, 0.25) is 5.02 Å². The van der Waals surface area contributed by atoms with Gasteiger partial charge in [-0.1, -0.05) is 49.0 Å². The van der Waals surface area contributed by atoms with Crippen molar-refractivity contribution in [2.75, 3.05) is 0 Å². The summed E-state index contributed by atoms with van der Waals surface area (Å²) in [7, 11) is 0. The third-order valence-corrected chi connectivity index (χ3v) is 4.96. The first-order chi connectivity index (χ1) is 14.5. The number of ether oxygens (including phenoxy) is 1. The summed E-state index contributed by atoms with van der Waals surface area (Å²) < 4.78 is 11.5. The second-order valence-corrected chi connectivity index (χ2v) is 7.06. The van der Waals surface area contributed by atoms with Crippen LogP contribution in [0.4, 0.5) is 0 Å². The number of hydrogen-bond donors (Lipinski definition) is 2. The lowest BCUT2D eigenvalue weighted by Crippen LogP contribution is -2.01. The average Bonchev–Trinajstić information content (AvgIpc) is 3.16. The third-order valence-electron chi connectivity index (χ3n) is 4.68. The van der Waals surface area contributed by atoms with E-state index < -0.39 is 5.97 Å². The van der Waals surface area contributed by atoms with E-state index in [4.69, 9.17) is 31.6 Å². The average molecular weight is 424 g/mol. The Kier molecular flexibility index (Phi) is 6.77. The van der Waals surface area contributed by atoms with Crippen molar-refractivity contribution >= 4 is 28.5 Å². The molecular formula is C24H22ClNO4. The Labute approximate surface area is 179 Å². The Hall–Kier alpha value is -3.28. The van der Waals surface area contributed by atoms with Crippen LogP contribution in [-0.4, -0.2) is 11.1 Å². The molecule has 0 atom stereocenters. The number of carboxylic acid groups (broad SMARTS) is 1. The quantitative estimate of drug-likeness (QED) is 0.334. The lowest BCUT2D eigenvalue weighted by molar-refractivity contribution is -0.136. The van der Waals surface area contributed by atoms with Crippen molar-refractivity contribution in [3.8, 4) is 11.1 Å². The van der Waals surface area contributed by atoms with E-state index in [2.05, 4.69) is 13.2 Å². The number of fused-ring (bicyclic) bond motifs is 1. The van der Waals surface area contributed by atoms with E-state index in [1.807, 2.05) is 36.4 Å². The van der Waals surface area contributed by atoms with Gasteiger partial charge in [-0.15, -0.1) is 0 Å². The molecule has 0 saturated heterocycles. The highest BCUT2D eigenvalue weighted by molar-refractivity contribution is 6.35. The van der Waals surface area contributed by atoms with Crippen molar-refractivity contribution in [1.82, 2.24) is 0 Å². The van der Waals surface area contributed by atoms with Crippen molar-refractivity contribution in [2.45, 2.75) is 19.6 Å². The van der Waals surface area contributed by atoms with Gasteiger partial charge in [-0.3, -0.25) is 4.79 Å². The summed E-state index contributed by atoms with van der Waals surface area (Å²) in [6.45, 7) is 7.97. The minimum atomic E-state index is -0.974. The summed E-state index contributed by atoms with van der Waals surface area (Å²) in [5.74, 6) is -0.614. The van der Waals surface area contributed by atoms with Crippen LogP contribution >= 0.6 is 11.6 Å². The summed E-state index contributed by atoms with van der Waals surface area (Å²) in [5.41, 5.74) is 10.5. The van der Waals surface area contributed by atoms with Gasteiger partial charge in [0.1, 0.15) is 12.4 Å². The molecule has 0 radical (unpaired) electrons. The van der Waals surface area contributed by atoms with Gasteiger partial charge in [0.05, 0.1) is 17.7 Å². The fourth-order valence-electron chi connectivity index (χ4n) is 3.16. The van der Waals surface area contributed by atoms with Crippen molar-refractivity contribution in [3.05, 3.63) is 95.5 Å². The Morgan fingerprint density at radius 2 is 2.00 bits per heavy atom. The number of rotatable bonds is 9. The number of aliphatic carboxylic acids is 1. The van der Waals surface area contributed by atoms with E-state index in [9.17, 15) is 4.79 Å². The molecular weight excluding hydrogens is 402 g/mol. The first kappa shape index (κ1) is 21.4. The summed E-state index contributed by atoms with van der Waals surface area (Å²) in [5, 5.41) is 10.4. The second-order valence-electron chi connectivity index (χ2n) is 6.66. The Morgan fingerprint density at radius 1 is 1.20 bits per heavy atom. The molecule has 0 aliphatic heterocycles. The number of allylic oxidation sites excluding steroid dienone is 2. The second kappa shape index (κ2) is 9.48. The minimum Gasteiger partial charge on any atom is -0.488 e. The van der Waals surface area contributed by atoms with Crippen LogP contribution in [0.5, 0.6) is 0 Å². The largest absolute Gasteiger partial charge is 0.488 e. The predicted molar refractivity (Wildman–Crippen MR) is 119 cm³/mol. The molecule has 2 aromatic carbocycles. The number of furan rings is 1. The number of halogens is 1. The van der Waals surface area contributed by atoms with Gasteiger partial charge in [-0.05, 0) is 41.0 Å². The standard InChI is InChI=1S/C24H22ClNO4/c1-3-16(11-23(27)28)22(4-2)29-13-19-14-30-24-20(19)9-18(10-21(24)25)17-7-5-6-15(8-17)12-26/h3-10,14H,1-2,11-13,26H2,(H,27,28)/b22-16-. The van der Waals surface area contributed by atoms with Crippen molar-refractivity contribution < 1.29 is 19.1 Å². The lowest BCUT2D eigenvalue weighted by Gasteiger charge is -2.10. The van der Waals surface area contributed by atoms with Gasteiger partial charge < -0.3 is 20.0 Å². The highest BCUT2D eigenvalue weighted by atomic mass is 35.5. The molecule has 0 spiro atoms. The van der Waals surface area contributed by atoms with E-state index in [-0.39, 0.29) is 13.0 Å². The zero-order valence-corrected chi connectivity index (χ0v) is 17.1. The zero-order valence-electron chi connectivity index (χ0n) is 16.4. The molecule has 0 unspecified atom stereocenters. The molecule has 3 aromatic rings. The molecule has 3 N–H and O–H groups in total. The van der Waals surface area contributed by atoms with E-state index >= 15 is 0 Å². The number of carboxylic acids is 1. The van der Waals surface area contributed by atoms with Crippen LogP contribution in [0.1, 0.15) is 17.5 Å². The molecule has 154 valence electrons. The normalized spacial score (nSPS) is 11.8. The van der Waals surface area contributed by atoms with Crippen LogP contribution in [0, 0.1) is 0 Å². The van der Waals surface area contributed by atoms with Crippen LogP contribution in [0.15, 0.2) is 83.7 Å². The summed E-state index contributed by atoms with van der Waals surface area (Å²) in [6, 6.07) is 11.8. The van der Waals surface area contributed by atoms with Gasteiger partial charge in [0.15, 0.2) is 5.58 Å². The topological polar surface area (TPSA) is 85.7 Å². The number of hydrogen-bond acceptors (Lipinski definition) is 4. The molecule has 1 aromatic heterocycles. The van der Waals surface area contributed by atoms with E-state index in [1.54, 1.807) is 6.26 Å². The van der Waals surface area contributed by atoms with Crippen LogP contribution in [0.3, 0.4) is 0 Å². The van der Waals surface area contributed by atoms with Gasteiger partial charge in [0.25, 0.3) is 0 Å². The van der Waals surface area contributed by atoms with Gasteiger partial charge >= 0.3 is 5.97 Å². The van der Waals surface area contributed by atoms with E-state index in [1.165, 1.54) is 12.2 Å². The highest BCUT2D eigenvalue weighted by Crippen LogP contribution is 2.34. The number of carbonyl (C=O) groups is 1. The maximum atomic E-state index is 11.0. The summed E-state index contributed by atoms with van der Waals surface area (Å²) in [4.78, 5) is 11.0. The molecule has 0 saturated carbocycles. The first-order valence-electron chi connectivity index (χ1n) is 9.28. The van der Waals surface area contributed by atoms with Gasteiger partial charge in [0, 0.05) is 23.1 Å². The van der Waals surface area contributed by atoms with E-state index in [0.717, 1.165) is 27.6 Å². The highest BCUT2D eigenvalue weighted by Gasteiger charge is 2.14. The lowest BCUT2D eigenvalue weighted by atomic mass is 10.0. The van der Waals surface area contributed by atoms with Crippen molar-refractivity contribution in [1.29, 1.82) is 0 Å². The molecule has 0 amide bonds. The van der Waals surface area contributed by atoms with E-state index in [0.29, 0.717) is 28.5 Å². The van der Waals surface area contributed by atoms with Crippen LogP contribution < -0.4 is 5.73 Å². The fraction of sp³-hybridized carbons (Fsp3) is 0.125. The molecule has 0 fully saturated rings. The Bertz CT molecular complexity index is 1140. The predicted octanol–water partition coefficient (Wildman–Crippen LogP) is 5.83.